The number of aromatic amines is 1. The molecule has 4 heteroatoms. The van der Waals surface area contributed by atoms with Gasteiger partial charge in [-0.15, -0.1) is 0 Å². The van der Waals surface area contributed by atoms with Crippen molar-refractivity contribution in [2.75, 3.05) is 6.54 Å². The fourth-order valence-corrected chi connectivity index (χ4v) is 3.35. The number of benzene rings is 2. The normalized spacial score (nSPS) is 11.6. The summed E-state index contributed by atoms with van der Waals surface area (Å²) in [7, 11) is 0. The van der Waals surface area contributed by atoms with Crippen LogP contribution in [0.5, 0.6) is 0 Å². The van der Waals surface area contributed by atoms with Crippen molar-refractivity contribution < 1.29 is 4.79 Å². The molecule has 3 nitrogen and oxygen atoms in total. The number of halogens is 1. The van der Waals surface area contributed by atoms with Crippen molar-refractivity contribution in [2.45, 2.75) is 25.7 Å². The van der Waals surface area contributed by atoms with Crippen LogP contribution in [0.3, 0.4) is 0 Å². The lowest BCUT2D eigenvalue weighted by Crippen LogP contribution is -2.37. The maximum atomic E-state index is 12.3. The number of hydrogen-bond donors (Lipinski definition) is 2. The van der Waals surface area contributed by atoms with Crippen LogP contribution in [-0.4, -0.2) is 17.4 Å². The van der Waals surface area contributed by atoms with Gasteiger partial charge >= 0.3 is 0 Å². The molecule has 2 N–H and O–H groups in total. The average molecular weight is 385 g/mol. The largest absolute Gasteiger partial charge is 0.361 e. The second-order valence-corrected chi connectivity index (χ2v) is 7.53. The van der Waals surface area contributed by atoms with E-state index >= 15 is 0 Å². The minimum absolute atomic E-state index is 0.0369. The number of carbonyl (C=O) groups excluding carboxylic acids is 1. The Morgan fingerprint density at radius 3 is 2.62 bits per heavy atom. The molecule has 24 heavy (non-hydrogen) atoms. The van der Waals surface area contributed by atoms with Crippen LogP contribution in [0.2, 0.25) is 0 Å². The highest BCUT2D eigenvalue weighted by Crippen LogP contribution is 2.29. The first-order valence-electron chi connectivity index (χ1n) is 8.04. The number of amides is 1. The van der Waals surface area contributed by atoms with Crippen molar-refractivity contribution in [3.05, 3.63) is 70.3 Å². The molecule has 0 fully saturated rings. The van der Waals surface area contributed by atoms with Gasteiger partial charge in [-0.2, -0.15) is 0 Å². The van der Waals surface area contributed by atoms with Crippen molar-refractivity contribution in [3.8, 4) is 0 Å². The summed E-state index contributed by atoms with van der Waals surface area (Å²) in [6.07, 6.45) is 2.43. The Kier molecular flexibility index (Phi) is 4.76. The van der Waals surface area contributed by atoms with E-state index in [1.165, 1.54) is 10.9 Å². The van der Waals surface area contributed by atoms with Crippen LogP contribution in [-0.2, 0) is 16.6 Å². The summed E-state index contributed by atoms with van der Waals surface area (Å²) in [5.41, 5.74) is 3.20. The SMILES string of the molecule is CC(C)(CNC(=O)Cc1ccccc1Br)c1c[nH]c2ccccc12. The molecule has 3 aromatic rings. The lowest BCUT2D eigenvalue weighted by Gasteiger charge is -2.25. The molecule has 1 aromatic heterocycles. The Balaban J connectivity index is 1.69. The highest BCUT2D eigenvalue weighted by molar-refractivity contribution is 9.10. The van der Waals surface area contributed by atoms with E-state index in [0.717, 1.165) is 15.6 Å². The van der Waals surface area contributed by atoms with Crippen LogP contribution >= 0.6 is 15.9 Å². The fourth-order valence-electron chi connectivity index (χ4n) is 2.92. The molecule has 0 atom stereocenters. The second kappa shape index (κ2) is 6.81. The van der Waals surface area contributed by atoms with E-state index in [9.17, 15) is 4.79 Å². The zero-order chi connectivity index (χ0) is 17.2. The standard InChI is InChI=1S/C20H21BrN2O/c1-20(2,16-12-22-18-10-6-4-8-15(16)18)13-23-19(24)11-14-7-3-5-9-17(14)21/h3-10,12,22H,11,13H2,1-2H3,(H,23,24). The first-order valence-corrected chi connectivity index (χ1v) is 8.83. The van der Waals surface area contributed by atoms with Crippen LogP contribution in [0.4, 0.5) is 0 Å². The third kappa shape index (κ3) is 3.54. The minimum Gasteiger partial charge on any atom is -0.361 e. The topological polar surface area (TPSA) is 44.9 Å². The minimum atomic E-state index is -0.150. The van der Waals surface area contributed by atoms with Crippen molar-refractivity contribution >= 4 is 32.7 Å². The molecule has 1 amide bonds. The van der Waals surface area contributed by atoms with E-state index < -0.39 is 0 Å². The van der Waals surface area contributed by atoms with Gasteiger partial charge in [-0.1, -0.05) is 66.2 Å². The van der Waals surface area contributed by atoms with E-state index in [4.69, 9.17) is 0 Å². The molecular weight excluding hydrogens is 364 g/mol. The molecule has 0 bridgehead atoms. The third-order valence-electron chi connectivity index (χ3n) is 4.35. The smallest absolute Gasteiger partial charge is 0.224 e. The van der Waals surface area contributed by atoms with Gasteiger partial charge in [0.05, 0.1) is 6.42 Å². The molecule has 0 aliphatic rings. The molecule has 0 unspecified atom stereocenters. The van der Waals surface area contributed by atoms with Crippen LogP contribution in [0.1, 0.15) is 25.0 Å². The van der Waals surface area contributed by atoms with E-state index in [2.05, 4.69) is 52.2 Å². The lowest BCUT2D eigenvalue weighted by atomic mass is 9.84. The van der Waals surface area contributed by atoms with E-state index in [0.29, 0.717) is 13.0 Å². The van der Waals surface area contributed by atoms with Crippen LogP contribution in [0.25, 0.3) is 10.9 Å². The maximum absolute atomic E-state index is 12.3. The number of hydrogen-bond acceptors (Lipinski definition) is 1. The molecule has 0 saturated carbocycles. The monoisotopic (exact) mass is 384 g/mol. The molecule has 0 aliphatic carbocycles. The second-order valence-electron chi connectivity index (χ2n) is 6.68. The number of fused-ring (bicyclic) bond motifs is 1. The van der Waals surface area contributed by atoms with Crippen molar-refractivity contribution in [2.24, 2.45) is 0 Å². The first-order chi connectivity index (χ1) is 11.5. The van der Waals surface area contributed by atoms with Gasteiger partial charge < -0.3 is 10.3 Å². The quantitative estimate of drug-likeness (QED) is 0.664. The van der Waals surface area contributed by atoms with Gasteiger partial charge in [0.1, 0.15) is 0 Å². The van der Waals surface area contributed by atoms with Gasteiger partial charge in [0.15, 0.2) is 0 Å². The van der Waals surface area contributed by atoms with Crippen LogP contribution < -0.4 is 5.32 Å². The summed E-state index contributed by atoms with van der Waals surface area (Å²) in [4.78, 5) is 15.6. The Morgan fingerprint density at radius 1 is 1.12 bits per heavy atom. The Morgan fingerprint density at radius 2 is 1.83 bits per heavy atom. The number of carbonyl (C=O) groups is 1. The summed E-state index contributed by atoms with van der Waals surface area (Å²) in [6.45, 7) is 4.90. The maximum Gasteiger partial charge on any atom is 0.224 e. The summed E-state index contributed by atoms with van der Waals surface area (Å²) in [6, 6.07) is 16.1. The van der Waals surface area contributed by atoms with E-state index in [-0.39, 0.29) is 11.3 Å². The van der Waals surface area contributed by atoms with Gasteiger partial charge in [0.25, 0.3) is 0 Å². The third-order valence-corrected chi connectivity index (χ3v) is 5.13. The van der Waals surface area contributed by atoms with Crippen molar-refractivity contribution in [1.29, 1.82) is 0 Å². The number of aromatic nitrogens is 1. The summed E-state index contributed by atoms with van der Waals surface area (Å²) in [5.74, 6) is 0.0369. The molecule has 0 spiro atoms. The molecule has 3 rings (SSSR count). The van der Waals surface area contributed by atoms with E-state index in [1.807, 2.05) is 42.6 Å². The lowest BCUT2D eigenvalue weighted by molar-refractivity contribution is -0.120. The predicted molar refractivity (Wildman–Crippen MR) is 102 cm³/mol. The molecule has 0 radical (unpaired) electrons. The van der Waals surface area contributed by atoms with Gasteiger partial charge in [-0.25, -0.2) is 0 Å². The number of rotatable bonds is 5. The Hall–Kier alpha value is -2.07. The molecule has 2 aromatic carbocycles. The van der Waals surface area contributed by atoms with Crippen molar-refractivity contribution in [1.82, 2.24) is 10.3 Å². The molecule has 1 heterocycles. The highest BCUT2D eigenvalue weighted by atomic mass is 79.9. The summed E-state index contributed by atoms with van der Waals surface area (Å²) >= 11 is 3.49. The van der Waals surface area contributed by atoms with E-state index in [1.54, 1.807) is 0 Å². The van der Waals surface area contributed by atoms with Crippen molar-refractivity contribution in [3.63, 3.8) is 0 Å². The summed E-state index contributed by atoms with van der Waals surface area (Å²) < 4.78 is 0.969. The molecule has 0 aliphatic heterocycles. The van der Waals surface area contributed by atoms with Gasteiger partial charge in [0, 0.05) is 33.5 Å². The predicted octanol–water partition coefficient (Wildman–Crippen LogP) is 4.57. The van der Waals surface area contributed by atoms with Gasteiger partial charge in [-0.3, -0.25) is 4.79 Å². The zero-order valence-corrected chi connectivity index (χ0v) is 15.5. The highest BCUT2D eigenvalue weighted by Gasteiger charge is 2.24. The van der Waals surface area contributed by atoms with Gasteiger partial charge in [-0.05, 0) is 23.3 Å². The number of nitrogens with one attached hydrogen (secondary N) is 2. The zero-order valence-electron chi connectivity index (χ0n) is 13.9. The average Bonchev–Trinajstić information content (AvgIpc) is 3.00. The first kappa shape index (κ1) is 16.8. The number of H-pyrrole nitrogens is 1. The Labute approximate surface area is 150 Å². The number of para-hydroxylation sites is 1. The Bertz CT molecular complexity index is 867. The molecule has 124 valence electrons. The molecule has 0 saturated heterocycles. The van der Waals surface area contributed by atoms with Crippen LogP contribution in [0.15, 0.2) is 59.2 Å². The fraction of sp³-hybridized carbons (Fsp3) is 0.250. The van der Waals surface area contributed by atoms with Crippen LogP contribution in [0, 0.1) is 0 Å². The molecular formula is C20H21BrN2O. The van der Waals surface area contributed by atoms with Gasteiger partial charge in [0.2, 0.25) is 5.91 Å². The summed E-state index contributed by atoms with van der Waals surface area (Å²) in [5, 5.41) is 4.29.